The molecule has 1 amide bonds. The van der Waals surface area contributed by atoms with Gasteiger partial charge in [-0.25, -0.2) is 4.79 Å². The van der Waals surface area contributed by atoms with Crippen molar-refractivity contribution < 1.29 is 22.7 Å². The van der Waals surface area contributed by atoms with Gasteiger partial charge in [-0.1, -0.05) is 6.07 Å². The molecule has 4 nitrogen and oxygen atoms in total. The monoisotopic (exact) mass is 288 g/mol. The minimum atomic E-state index is -4.52. The molecule has 1 aliphatic rings. The molecule has 2 rings (SSSR count). The molecule has 20 heavy (non-hydrogen) atoms. The van der Waals surface area contributed by atoms with Crippen LogP contribution in [0.25, 0.3) is 0 Å². The average Bonchev–Trinajstić information content (AvgIpc) is 2.90. The first-order chi connectivity index (χ1) is 9.44. The van der Waals surface area contributed by atoms with Crippen molar-refractivity contribution in [2.75, 3.05) is 29.9 Å². The molecule has 0 unspecified atom stereocenters. The van der Waals surface area contributed by atoms with Crippen molar-refractivity contribution in [3.05, 3.63) is 24.3 Å². The van der Waals surface area contributed by atoms with E-state index in [0.29, 0.717) is 5.69 Å². The SMILES string of the molecule is O=C(Nc1cccc(N2CCCC2)c1)OCC(F)(F)F. The summed E-state index contributed by atoms with van der Waals surface area (Å²) in [6, 6.07) is 6.97. The Morgan fingerprint density at radius 3 is 2.65 bits per heavy atom. The van der Waals surface area contributed by atoms with Crippen molar-refractivity contribution in [2.45, 2.75) is 19.0 Å². The van der Waals surface area contributed by atoms with E-state index >= 15 is 0 Å². The molecule has 1 fully saturated rings. The minimum Gasteiger partial charge on any atom is -0.440 e. The summed E-state index contributed by atoms with van der Waals surface area (Å²) in [5.41, 5.74) is 1.36. The van der Waals surface area contributed by atoms with Gasteiger partial charge in [-0.2, -0.15) is 13.2 Å². The molecule has 0 aliphatic carbocycles. The Bertz CT molecular complexity index is 471. The van der Waals surface area contributed by atoms with Crippen LogP contribution in [0.4, 0.5) is 29.3 Å². The van der Waals surface area contributed by atoms with Crippen molar-refractivity contribution >= 4 is 17.5 Å². The highest BCUT2D eigenvalue weighted by atomic mass is 19.4. The number of nitrogens with zero attached hydrogens (tertiary/aromatic N) is 1. The number of alkyl halides is 3. The molecular formula is C13H15F3N2O2. The number of hydrogen-bond acceptors (Lipinski definition) is 3. The van der Waals surface area contributed by atoms with E-state index in [9.17, 15) is 18.0 Å². The van der Waals surface area contributed by atoms with Crippen LogP contribution < -0.4 is 10.2 Å². The Balaban J connectivity index is 1.92. The van der Waals surface area contributed by atoms with E-state index < -0.39 is 18.9 Å². The van der Waals surface area contributed by atoms with Crippen molar-refractivity contribution in [2.24, 2.45) is 0 Å². The predicted octanol–water partition coefficient (Wildman–Crippen LogP) is 3.40. The maximum atomic E-state index is 11.9. The van der Waals surface area contributed by atoms with E-state index in [1.165, 1.54) is 0 Å². The number of amides is 1. The fourth-order valence-corrected chi connectivity index (χ4v) is 2.06. The second-order valence-electron chi connectivity index (χ2n) is 4.56. The summed E-state index contributed by atoms with van der Waals surface area (Å²) in [5, 5.41) is 2.29. The van der Waals surface area contributed by atoms with Crippen molar-refractivity contribution in [3.8, 4) is 0 Å². The molecule has 0 bridgehead atoms. The highest BCUT2D eigenvalue weighted by Gasteiger charge is 2.29. The quantitative estimate of drug-likeness (QED) is 0.927. The van der Waals surface area contributed by atoms with Gasteiger partial charge in [0.05, 0.1) is 0 Å². The molecule has 0 spiro atoms. The van der Waals surface area contributed by atoms with Gasteiger partial charge in [-0.05, 0) is 31.0 Å². The summed E-state index contributed by atoms with van der Waals surface area (Å²) in [7, 11) is 0. The molecule has 1 heterocycles. The van der Waals surface area contributed by atoms with Crippen LogP contribution in [0.2, 0.25) is 0 Å². The minimum absolute atomic E-state index is 0.418. The van der Waals surface area contributed by atoms with Crippen LogP contribution in [0.3, 0.4) is 0 Å². The van der Waals surface area contributed by atoms with Gasteiger partial charge < -0.3 is 9.64 Å². The van der Waals surface area contributed by atoms with Crippen LogP contribution >= 0.6 is 0 Å². The highest BCUT2D eigenvalue weighted by molar-refractivity contribution is 5.85. The third-order valence-electron chi connectivity index (χ3n) is 2.93. The van der Waals surface area contributed by atoms with Crippen LogP contribution in [-0.2, 0) is 4.74 Å². The van der Waals surface area contributed by atoms with Gasteiger partial charge in [0, 0.05) is 24.5 Å². The highest BCUT2D eigenvalue weighted by Crippen LogP contribution is 2.23. The van der Waals surface area contributed by atoms with Crippen molar-refractivity contribution in [1.29, 1.82) is 0 Å². The summed E-state index contributed by atoms with van der Waals surface area (Å²) < 4.78 is 39.8. The summed E-state index contributed by atoms with van der Waals surface area (Å²) in [6.45, 7) is 0.300. The van der Waals surface area contributed by atoms with Crippen LogP contribution in [0.5, 0.6) is 0 Å². The zero-order valence-corrected chi connectivity index (χ0v) is 10.7. The smallest absolute Gasteiger partial charge is 0.422 e. The third kappa shape index (κ3) is 4.32. The molecule has 1 aromatic carbocycles. The first-order valence-electron chi connectivity index (χ1n) is 6.29. The second-order valence-corrected chi connectivity index (χ2v) is 4.56. The van der Waals surface area contributed by atoms with Crippen molar-refractivity contribution in [1.82, 2.24) is 0 Å². The fraction of sp³-hybridized carbons (Fsp3) is 0.462. The van der Waals surface area contributed by atoms with Gasteiger partial charge in [0.15, 0.2) is 6.61 Å². The Labute approximate surface area is 114 Å². The topological polar surface area (TPSA) is 41.6 Å². The number of hydrogen-bond donors (Lipinski definition) is 1. The van der Waals surface area contributed by atoms with Gasteiger partial charge in [-0.3, -0.25) is 5.32 Å². The first kappa shape index (κ1) is 14.5. The third-order valence-corrected chi connectivity index (χ3v) is 2.93. The Morgan fingerprint density at radius 2 is 2.00 bits per heavy atom. The molecule has 1 aromatic rings. The standard InChI is InChI=1S/C13H15F3N2O2/c14-13(15,16)9-20-12(19)17-10-4-3-5-11(8-10)18-6-1-2-7-18/h3-5,8H,1-2,6-7,9H2,(H,17,19). The Kier molecular flexibility index (Phi) is 4.36. The van der Waals surface area contributed by atoms with Gasteiger partial charge >= 0.3 is 12.3 Å². The first-order valence-corrected chi connectivity index (χ1v) is 6.29. The van der Waals surface area contributed by atoms with E-state index in [4.69, 9.17) is 0 Å². The lowest BCUT2D eigenvalue weighted by Crippen LogP contribution is -2.23. The normalized spacial score (nSPS) is 15.2. The number of carbonyl (C=O) groups is 1. The molecule has 1 aliphatic heterocycles. The average molecular weight is 288 g/mol. The van der Waals surface area contributed by atoms with E-state index in [1.807, 2.05) is 6.07 Å². The molecule has 7 heteroatoms. The molecule has 110 valence electrons. The van der Waals surface area contributed by atoms with E-state index in [2.05, 4.69) is 15.0 Å². The number of halogens is 3. The van der Waals surface area contributed by atoms with Gasteiger partial charge in [-0.15, -0.1) is 0 Å². The molecule has 0 radical (unpaired) electrons. The maximum Gasteiger partial charge on any atom is 0.422 e. The summed E-state index contributed by atoms with van der Waals surface area (Å²) in [4.78, 5) is 13.4. The molecule has 0 aromatic heterocycles. The summed E-state index contributed by atoms with van der Waals surface area (Å²) >= 11 is 0. The summed E-state index contributed by atoms with van der Waals surface area (Å²) in [6.07, 6.45) is -3.40. The zero-order chi connectivity index (χ0) is 14.6. The lowest BCUT2D eigenvalue weighted by atomic mass is 10.2. The largest absolute Gasteiger partial charge is 0.440 e. The summed E-state index contributed by atoms with van der Waals surface area (Å²) in [5.74, 6) is 0. The van der Waals surface area contributed by atoms with Gasteiger partial charge in [0.2, 0.25) is 0 Å². The Hall–Kier alpha value is -1.92. The Morgan fingerprint density at radius 1 is 1.30 bits per heavy atom. The molecule has 1 saturated heterocycles. The zero-order valence-electron chi connectivity index (χ0n) is 10.7. The van der Waals surface area contributed by atoms with E-state index in [0.717, 1.165) is 31.6 Å². The lowest BCUT2D eigenvalue weighted by Gasteiger charge is -2.18. The van der Waals surface area contributed by atoms with Crippen LogP contribution in [-0.4, -0.2) is 32.0 Å². The van der Waals surface area contributed by atoms with Crippen LogP contribution in [0.1, 0.15) is 12.8 Å². The number of nitrogens with one attached hydrogen (secondary N) is 1. The second kappa shape index (κ2) is 6.02. The fourth-order valence-electron chi connectivity index (χ4n) is 2.06. The van der Waals surface area contributed by atoms with Gasteiger partial charge in [0.25, 0.3) is 0 Å². The van der Waals surface area contributed by atoms with Crippen LogP contribution in [0.15, 0.2) is 24.3 Å². The molecule has 0 saturated carbocycles. The number of anilines is 2. The number of rotatable bonds is 3. The number of benzene rings is 1. The van der Waals surface area contributed by atoms with E-state index in [1.54, 1.807) is 18.2 Å². The molecule has 0 atom stereocenters. The molecule has 1 N–H and O–H groups in total. The lowest BCUT2D eigenvalue weighted by molar-refractivity contribution is -0.159. The van der Waals surface area contributed by atoms with Crippen LogP contribution in [0, 0.1) is 0 Å². The number of carbonyl (C=O) groups excluding carboxylic acids is 1. The molecular weight excluding hydrogens is 273 g/mol. The van der Waals surface area contributed by atoms with Gasteiger partial charge in [0.1, 0.15) is 0 Å². The number of ether oxygens (including phenoxy) is 1. The van der Waals surface area contributed by atoms with E-state index in [-0.39, 0.29) is 0 Å². The van der Waals surface area contributed by atoms with Crippen molar-refractivity contribution in [3.63, 3.8) is 0 Å². The maximum absolute atomic E-state index is 11.9. The predicted molar refractivity (Wildman–Crippen MR) is 68.9 cm³/mol.